The fourth-order valence-corrected chi connectivity index (χ4v) is 9.18. The standard InChI is InChI=1S/C60H54N3O2.Pt/c1-58(2,3)40-33-38(32-39(34-40)54-53-45(30-31-61-54)44-23-14-17-28-51(44)65-52-29-18-15-24-46(52)53)43-25-19-27-50-55(43)62-57(47-35-41(59(4,5)6)36-48(56(47)64)60(7,8)9)63(50)49-26-16-13-22-42(49)37-20-11-10-12-21-37;/h10-31,33-36,64H,1-9H3;/q-1;. The number of nitrogens with zero attached hydrogens (tertiary/aromatic N) is 3. The molecule has 3 heterocycles. The number of aromatic hydroxyl groups is 1. The number of imidazole rings is 1. The molecule has 0 spiro atoms. The van der Waals surface area contributed by atoms with Crippen molar-refractivity contribution >= 4 is 11.0 Å². The van der Waals surface area contributed by atoms with Gasteiger partial charge in [0.2, 0.25) is 0 Å². The molecule has 0 radical (unpaired) electrons. The average molecular weight is 1040 g/mol. The third-order valence-corrected chi connectivity index (χ3v) is 12.7. The number of rotatable bonds is 5. The number of phenolic OH excluding ortho intramolecular Hbond substituents is 1. The van der Waals surface area contributed by atoms with E-state index in [0.29, 0.717) is 11.4 Å². The van der Waals surface area contributed by atoms with Gasteiger partial charge in [-0.2, -0.15) is 0 Å². The van der Waals surface area contributed by atoms with Crippen LogP contribution in [0.25, 0.3) is 83.9 Å². The summed E-state index contributed by atoms with van der Waals surface area (Å²) in [6.45, 7) is 19.9. The Kier molecular flexibility index (Phi) is 11.3. The molecule has 0 aliphatic carbocycles. The van der Waals surface area contributed by atoms with Gasteiger partial charge in [0.15, 0.2) is 0 Å². The van der Waals surface area contributed by atoms with E-state index in [9.17, 15) is 5.11 Å². The minimum absolute atomic E-state index is 0. The van der Waals surface area contributed by atoms with Gasteiger partial charge >= 0.3 is 0 Å². The number of pyridine rings is 1. The molecule has 0 unspecified atom stereocenters. The zero-order valence-electron chi connectivity index (χ0n) is 39.0. The van der Waals surface area contributed by atoms with E-state index in [-0.39, 0.29) is 43.1 Å². The predicted molar refractivity (Wildman–Crippen MR) is 268 cm³/mol. The second-order valence-corrected chi connectivity index (χ2v) is 20.4. The third-order valence-electron chi connectivity index (χ3n) is 12.7. The molecule has 2 aromatic heterocycles. The first-order valence-corrected chi connectivity index (χ1v) is 22.5. The van der Waals surface area contributed by atoms with Crippen LogP contribution in [0.5, 0.6) is 17.2 Å². The molecular formula is C60H54N3O2Pt-. The molecule has 0 fully saturated rings. The minimum atomic E-state index is -0.332. The van der Waals surface area contributed by atoms with E-state index >= 15 is 0 Å². The molecule has 6 heteroatoms. The molecule has 7 aromatic carbocycles. The number of fused-ring (bicyclic) bond motifs is 6. The smallest absolute Gasteiger partial charge is 0.148 e. The average Bonchev–Trinajstić information content (AvgIpc) is 3.61. The third kappa shape index (κ3) is 7.88. The molecule has 9 aromatic rings. The molecule has 1 aliphatic heterocycles. The van der Waals surface area contributed by atoms with Gasteiger partial charge in [-0.05, 0) is 74.9 Å². The summed E-state index contributed by atoms with van der Waals surface area (Å²) in [6.07, 6.45) is 1.90. The van der Waals surface area contributed by atoms with Crippen molar-refractivity contribution in [1.82, 2.24) is 14.5 Å². The molecule has 1 aliphatic rings. The molecule has 0 atom stereocenters. The first-order valence-electron chi connectivity index (χ1n) is 22.5. The Bertz CT molecular complexity index is 3310. The Hall–Kier alpha value is -6.55. The molecule has 0 saturated carbocycles. The summed E-state index contributed by atoms with van der Waals surface area (Å²) < 4.78 is 8.86. The number of hydrogen-bond donors (Lipinski definition) is 1. The van der Waals surface area contributed by atoms with Gasteiger partial charge in [-0.15, -0.1) is 29.3 Å². The zero-order chi connectivity index (χ0) is 45.4. The van der Waals surface area contributed by atoms with Gasteiger partial charge in [0, 0.05) is 55.2 Å². The number of benzene rings is 7. The van der Waals surface area contributed by atoms with Crippen LogP contribution in [0.4, 0.5) is 0 Å². The monoisotopic (exact) mass is 1040 g/mol. The molecule has 332 valence electrons. The Balaban J connectivity index is 0.00000548. The summed E-state index contributed by atoms with van der Waals surface area (Å²) in [5.41, 5.74) is 15.6. The first-order chi connectivity index (χ1) is 31.1. The topological polar surface area (TPSA) is 60.2 Å². The number of hydrogen-bond acceptors (Lipinski definition) is 4. The van der Waals surface area contributed by atoms with Crippen LogP contribution < -0.4 is 4.74 Å². The summed E-state index contributed by atoms with van der Waals surface area (Å²) in [6, 6.07) is 56.7. The maximum absolute atomic E-state index is 12.5. The number of ether oxygens (including phenoxy) is 1. The van der Waals surface area contributed by atoms with Crippen LogP contribution in [0.3, 0.4) is 0 Å². The van der Waals surface area contributed by atoms with E-state index in [1.165, 1.54) is 0 Å². The van der Waals surface area contributed by atoms with Crippen molar-refractivity contribution in [2.45, 2.75) is 78.6 Å². The van der Waals surface area contributed by atoms with Crippen molar-refractivity contribution < 1.29 is 30.9 Å². The maximum atomic E-state index is 12.5. The fourth-order valence-electron chi connectivity index (χ4n) is 9.18. The number of aromatic nitrogens is 3. The molecule has 66 heavy (non-hydrogen) atoms. The molecule has 1 N–H and O–H groups in total. The van der Waals surface area contributed by atoms with E-state index in [4.69, 9.17) is 14.7 Å². The maximum Gasteiger partial charge on any atom is 0.148 e. The van der Waals surface area contributed by atoms with Gasteiger partial charge < -0.3 is 9.84 Å². The largest absolute Gasteiger partial charge is 0.507 e. The van der Waals surface area contributed by atoms with Gasteiger partial charge in [-0.1, -0.05) is 177 Å². The van der Waals surface area contributed by atoms with Crippen LogP contribution >= 0.6 is 0 Å². The van der Waals surface area contributed by atoms with Crippen molar-refractivity contribution in [3.63, 3.8) is 0 Å². The van der Waals surface area contributed by atoms with Gasteiger partial charge in [0.1, 0.15) is 23.1 Å². The Morgan fingerprint density at radius 3 is 1.82 bits per heavy atom. The predicted octanol–water partition coefficient (Wildman–Crippen LogP) is 15.9. The molecule has 5 nitrogen and oxygen atoms in total. The molecule has 10 rings (SSSR count). The van der Waals surface area contributed by atoms with Crippen molar-refractivity contribution in [3.8, 4) is 90.1 Å². The van der Waals surface area contributed by atoms with E-state index < -0.39 is 0 Å². The number of phenols is 1. The second kappa shape index (κ2) is 16.7. The van der Waals surface area contributed by atoms with Crippen LogP contribution in [-0.2, 0) is 37.3 Å². The summed E-state index contributed by atoms with van der Waals surface area (Å²) in [7, 11) is 0. The van der Waals surface area contributed by atoms with Crippen LogP contribution in [0.1, 0.15) is 79.0 Å². The molecule has 0 amide bonds. The van der Waals surface area contributed by atoms with E-state index in [1.54, 1.807) is 0 Å². The Labute approximate surface area is 403 Å². The van der Waals surface area contributed by atoms with Gasteiger partial charge in [0.05, 0.1) is 22.3 Å². The van der Waals surface area contributed by atoms with Crippen LogP contribution in [-0.4, -0.2) is 19.6 Å². The van der Waals surface area contributed by atoms with Gasteiger partial charge in [-0.3, -0.25) is 9.55 Å². The van der Waals surface area contributed by atoms with Crippen molar-refractivity contribution in [2.75, 3.05) is 0 Å². The second-order valence-electron chi connectivity index (χ2n) is 20.4. The Morgan fingerprint density at radius 2 is 1.12 bits per heavy atom. The summed E-state index contributed by atoms with van der Waals surface area (Å²) >= 11 is 0. The quantitative estimate of drug-likeness (QED) is 0.175. The van der Waals surface area contributed by atoms with E-state index in [1.807, 2.05) is 36.5 Å². The van der Waals surface area contributed by atoms with Crippen molar-refractivity contribution in [1.29, 1.82) is 0 Å². The van der Waals surface area contributed by atoms with Crippen LogP contribution in [0.15, 0.2) is 158 Å². The number of para-hydroxylation sites is 4. The summed E-state index contributed by atoms with van der Waals surface area (Å²) in [5.74, 6) is 2.50. The first kappa shape index (κ1) is 44.6. The van der Waals surface area contributed by atoms with Crippen LogP contribution in [0, 0.1) is 6.07 Å². The van der Waals surface area contributed by atoms with E-state index in [2.05, 4.69) is 194 Å². The SMILES string of the molecule is CC(C)(C)c1cc(-c2nccc3c2-c2ccccc2Oc2ccccc2-3)[c-]c(-c2cccc3c2nc(-c2cc(C(C)(C)C)cc(C(C)(C)C)c2O)n3-c2ccccc2-c2ccccc2)c1.[Pt]. The fraction of sp³-hybridized carbons (Fsp3) is 0.200. The molecular weight excluding hydrogens is 990 g/mol. The summed E-state index contributed by atoms with van der Waals surface area (Å²) in [5, 5.41) is 12.5. The van der Waals surface area contributed by atoms with E-state index in [0.717, 1.165) is 101 Å². The van der Waals surface area contributed by atoms with Crippen LogP contribution in [0.2, 0.25) is 0 Å². The Morgan fingerprint density at radius 1 is 0.530 bits per heavy atom. The van der Waals surface area contributed by atoms with Gasteiger partial charge in [0.25, 0.3) is 0 Å². The summed E-state index contributed by atoms with van der Waals surface area (Å²) in [4.78, 5) is 10.8. The van der Waals surface area contributed by atoms with Gasteiger partial charge in [-0.25, -0.2) is 4.98 Å². The van der Waals surface area contributed by atoms with Crippen molar-refractivity contribution in [2.24, 2.45) is 0 Å². The molecule has 0 bridgehead atoms. The zero-order valence-corrected chi connectivity index (χ0v) is 41.3. The molecule has 0 saturated heterocycles. The van der Waals surface area contributed by atoms with Crippen molar-refractivity contribution in [3.05, 3.63) is 181 Å². The minimum Gasteiger partial charge on any atom is -0.507 e. The normalized spacial score (nSPS) is 12.4.